The molecular formula is C21H25FN2O3S. The van der Waals surface area contributed by atoms with Gasteiger partial charge in [0.25, 0.3) is 0 Å². The Morgan fingerprint density at radius 1 is 1.07 bits per heavy atom. The lowest BCUT2D eigenvalue weighted by Gasteiger charge is -2.25. The van der Waals surface area contributed by atoms with Gasteiger partial charge in [-0.05, 0) is 54.6 Å². The first-order chi connectivity index (χ1) is 13.4. The molecule has 4 rings (SSSR count). The summed E-state index contributed by atoms with van der Waals surface area (Å²) in [4.78, 5) is 2.65. The van der Waals surface area contributed by atoms with Crippen molar-refractivity contribution in [3.63, 3.8) is 0 Å². The molecule has 2 saturated heterocycles. The second-order valence-electron chi connectivity index (χ2n) is 7.83. The number of hydrogen-bond acceptors (Lipinski definition) is 4. The fourth-order valence-corrected chi connectivity index (χ4v) is 5.98. The molecule has 28 heavy (non-hydrogen) atoms. The van der Waals surface area contributed by atoms with Gasteiger partial charge in [0.05, 0.1) is 12.0 Å². The van der Waals surface area contributed by atoms with Crippen LogP contribution >= 0.6 is 0 Å². The van der Waals surface area contributed by atoms with E-state index in [-0.39, 0.29) is 17.0 Å². The van der Waals surface area contributed by atoms with Crippen LogP contribution in [0.15, 0.2) is 53.4 Å². The summed E-state index contributed by atoms with van der Waals surface area (Å²) < 4.78 is 46.4. The van der Waals surface area contributed by atoms with E-state index in [1.165, 1.54) is 13.2 Å². The van der Waals surface area contributed by atoms with Crippen LogP contribution in [0.3, 0.4) is 0 Å². The molecule has 2 aliphatic rings. The van der Waals surface area contributed by atoms with Crippen LogP contribution < -0.4 is 4.74 Å². The Kier molecular flexibility index (Phi) is 5.16. The van der Waals surface area contributed by atoms with E-state index in [9.17, 15) is 12.8 Å². The van der Waals surface area contributed by atoms with Gasteiger partial charge in [-0.2, -0.15) is 4.31 Å². The summed E-state index contributed by atoms with van der Waals surface area (Å²) in [6.45, 7) is 3.50. The third-order valence-electron chi connectivity index (χ3n) is 5.92. The summed E-state index contributed by atoms with van der Waals surface area (Å²) in [5, 5.41) is 0. The molecule has 2 aromatic rings. The number of likely N-dealkylation sites (tertiary alicyclic amines) is 1. The van der Waals surface area contributed by atoms with Gasteiger partial charge in [0, 0.05) is 26.2 Å². The monoisotopic (exact) mass is 404 g/mol. The lowest BCUT2D eigenvalue weighted by Crippen LogP contribution is -2.34. The zero-order valence-corrected chi connectivity index (χ0v) is 16.8. The summed E-state index contributed by atoms with van der Waals surface area (Å²) >= 11 is 0. The van der Waals surface area contributed by atoms with Crippen LogP contribution in [0.1, 0.15) is 18.4 Å². The predicted octanol–water partition coefficient (Wildman–Crippen LogP) is 3.12. The number of methoxy groups -OCH3 is 1. The van der Waals surface area contributed by atoms with Crippen LogP contribution in [-0.2, 0) is 16.6 Å². The molecule has 0 aliphatic carbocycles. The Labute approximate surface area is 165 Å². The molecule has 1 atom stereocenters. The SMILES string of the molecule is COc1ccc(CN2CCC3(CCN(S(=O)(=O)c4ccccc4)C3)C2)cc1F. The molecule has 7 heteroatoms. The molecule has 150 valence electrons. The number of hydrogen-bond donors (Lipinski definition) is 0. The minimum atomic E-state index is -3.44. The van der Waals surface area contributed by atoms with E-state index < -0.39 is 10.0 Å². The van der Waals surface area contributed by atoms with Crippen molar-refractivity contribution in [2.45, 2.75) is 24.3 Å². The quantitative estimate of drug-likeness (QED) is 0.768. The number of rotatable bonds is 5. The van der Waals surface area contributed by atoms with E-state index in [0.717, 1.165) is 31.5 Å². The van der Waals surface area contributed by atoms with Gasteiger partial charge in [0.15, 0.2) is 11.6 Å². The number of ether oxygens (including phenoxy) is 1. The maximum Gasteiger partial charge on any atom is 0.243 e. The summed E-state index contributed by atoms with van der Waals surface area (Å²) in [5.41, 5.74) is 0.898. The highest BCUT2D eigenvalue weighted by Gasteiger charge is 2.46. The zero-order valence-electron chi connectivity index (χ0n) is 16.0. The molecule has 0 radical (unpaired) electrons. The second-order valence-corrected chi connectivity index (χ2v) is 9.77. The fraction of sp³-hybridized carbons (Fsp3) is 0.429. The van der Waals surface area contributed by atoms with Crippen molar-refractivity contribution in [3.05, 3.63) is 59.9 Å². The molecule has 0 saturated carbocycles. The summed E-state index contributed by atoms with van der Waals surface area (Å²) in [5.74, 6) is -0.103. The van der Waals surface area contributed by atoms with Crippen molar-refractivity contribution in [2.75, 3.05) is 33.3 Å². The Balaban J connectivity index is 1.42. The standard InChI is InChI=1S/C21H25FN2O3S/c1-27-20-8-7-17(13-19(20)22)14-23-11-9-21(15-23)10-12-24(16-21)28(25,26)18-5-3-2-4-6-18/h2-8,13H,9-12,14-16H2,1H3. The number of sulfonamides is 1. The van der Waals surface area contributed by atoms with Crippen LogP contribution in [0.5, 0.6) is 5.75 Å². The molecule has 2 aromatic carbocycles. The zero-order chi connectivity index (χ0) is 19.8. The number of nitrogens with zero attached hydrogens (tertiary/aromatic N) is 2. The maximum absolute atomic E-state index is 13.9. The van der Waals surface area contributed by atoms with E-state index in [2.05, 4.69) is 4.90 Å². The van der Waals surface area contributed by atoms with E-state index in [0.29, 0.717) is 24.5 Å². The predicted molar refractivity (Wildman–Crippen MR) is 105 cm³/mol. The molecule has 1 spiro atoms. The molecule has 1 unspecified atom stereocenters. The van der Waals surface area contributed by atoms with Crippen LogP contribution in [-0.4, -0.2) is 50.9 Å². The first-order valence-electron chi connectivity index (χ1n) is 9.52. The summed E-state index contributed by atoms with van der Waals surface area (Å²) in [7, 11) is -1.98. The van der Waals surface area contributed by atoms with Crippen LogP contribution in [0.2, 0.25) is 0 Å². The minimum Gasteiger partial charge on any atom is -0.494 e. The third-order valence-corrected chi connectivity index (χ3v) is 7.78. The van der Waals surface area contributed by atoms with Gasteiger partial charge in [-0.15, -0.1) is 0 Å². The largest absolute Gasteiger partial charge is 0.494 e. The van der Waals surface area contributed by atoms with Gasteiger partial charge in [-0.1, -0.05) is 24.3 Å². The van der Waals surface area contributed by atoms with Gasteiger partial charge < -0.3 is 4.74 Å². The Bertz CT molecular complexity index is 951. The van der Waals surface area contributed by atoms with Gasteiger partial charge >= 0.3 is 0 Å². The van der Waals surface area contributed by atoms with Gasteiger partial charge in [0.2, 0.25) is 10.0 Å². The molecule has 2 fully saturated rings. The normalized spacial score (nSPS) is 23.5. The molecular weight excluding hydrogens is 379 g/mol. The fourth-order valence-electron chi connectivity index (χ4n) is 4.40. The van der Waals surface area contributed by atoms with Crippen molar-refractivity contribution in [3.8, 4) is 5.75 Å². The lowest BCUT2D eigenvalue weighted by molar-refractivity contribution is 0.260. The first-order valence-corrected chi connectivity index (χ1v) is 11.0. The molecule has 5 nitrogen and oxygen atoms in total. The van der Waals surface area contributed by atoms with Crippen molar-refractivity contribution >= 4 is 10.0 Å². The average Bonchev–Trinajstić information content (AvgIpc) is 3.30. The molecule has 0 N–H and O–H groups in total. The van der Waals surface area contributed by atoms with Crippen molar-refractivity contribution < 1.29 is 17.5 Å². The van der Waals surface area contributed by atoms with E-state index >= 15 is 0 Å². The first kappa shape index (κ1) is 19.4. The minimum absolute atomic E-state index is 0.00708. The summed E-state index contributed by atoms with van der Waals surface area (Å²) in [6.07, 6.45) is 1.83. The molecule has 0 bridgehead atoms. The van der Waals surface area contributed by atoms with E-state index in [1.54, 1.807) is 34.6 Å². The van der Waals surface area contributed by atoms with E-state index in [1.807, 2.05) is 12.1 Å². The Morgan fingerprint density at radius 2 is 1.82 bits per heavy atom. The maximum atomic E-state index is 13.9. The lowest BCUT2D eigenvalue weighted by atomic mass is 9.86. The second kappa shape index (κ2) is 7.46. The smallest absolute Gasteiger partial charge is 0.243 e. The van der Waals surface area contributed by atoms with Gasteiger partial charge in [-0.3, -0.25) is 4.90 Å². The van der Waals surface area contributed by atoms with Crippen molar-refractivity contribution in [1.82, 2.24) is 9.21 Å². The molecule has 2 heterocycles. The third kappa shape index (κ3) is 3.66. The van der Waals surface area contributed by atoms with Crippen LogP contribution in [0, 0.1) is 11.2 Å². The molecule has 0 amide bonds. The van der Waals surface area contributed by atoms with Gasteiger partial charge in [0.1, 0.15) is 0 Å². The number of benzene rings is 2. The van der Waals surface area contributed by atoms with Crippen molar-refractivity contribution in [1.29, 1.82) is 0 Å². The number of halogens is 1. The van der Waals surface area contributed by atoms with Crippen LogP contribution in [0.25, 0.3) is 0 Å². The highest BCUT2D eigenvalue weighted by molar-refractivity contribution is 7.89. The van der Waals surface area contributed by atoms with Crippen LogP contribution in [0.4, 0.5) is 4.39 Å². The molecule has 2 aliphatic heterocycles. The van der Waals surface area contributed by atoms with Crippen molar-refractivity contribution in [2.24, 2.45) is 5.41 Å². The van der Waals surface area contributed by atoms with E-state index in [4.69, 9.17) is 4.74 Å². The summed E-state index contributed by atoms with van der Waals surface area (Å²) in [6, 6.07) is 13.7. The topological polar surface area (TPSA) is 49.9 Å². The molecule has 0 aromatic heterocycles. The highest BCUT2D eigenvalue weighted by atomic mass is 32.2. The highest BCUT2D eigenvalue weighted by Crippen LogP contribution is 2.41. The average molecular weight is 405 g/mol. The van der Waals surface area contributed by atoms with Gasteiger partial charge in [-0.25, -0.2) is 12.8 Å². The Hall–Kier alpha value is -1.96. The Morgan fingerprint density at radius 3 is 2.54 bits per heavy atom.